The summed E-state index contributed by atoms with van der Waals surface area (Å²) in [6.45, 7) is 8.59. The van der Waals surface area contributed by atoms with Crippen molar-refractivity contribution in [3.63, 3.8) is 0 Å². The number of benzene rings is 1. The highest BCUT2D eigenvalue weighted by Gasteiger charge is 2.21. The van der Waals surface area contributed by atoms with Gasteiger partial charge >= 0.3 is 0 Å². The van der Waals surface area contributed by atoms with Crippen molar-refractivity contribution in [1.82, 2.24) is 20.2 Å². The Morgan fingerprint density at radius 1 is 1.45 bits per heavy atom. The first-order chi connectivity index (χ1) is 10.5. The van der Waals surface area contributed by atoms with E-state index in [0.717, 1.165) is 49.3 Å². The Bertz CT molecular complexity index is 691. The molecule has 0 aliphatic carbocycles. The smallest absolute Gasteiger partial charge is 0.217 e. The van der Waals surface area contributed by atoms with Crippen molar-refractivity contribution in [3.05, 3.63) is 29.1 Å². The molecule has 1 aliphatic heterocycles. The van der Waals surface area contributed by atoms with Crippen molar-refractivity contribution in [3.8, 4) is 0 Å². The number of hydrogen-bond donors (Lipinski definition) is 2. The van der Waals surface area contributed by atoms with E-state index < -0.39 is 0 Å². The molecule has 1 aliphatic rings. The van der Waals surface area contributed by atoms with E-state index in [9.17, 15) is 4.79 Å². The average molecular weight is 300 g/mol. The Morgan fingerprint density at radius 2 is 2.27 bits per heavy atom. The third kappa shape index (κ3) is 3.14. The molecule has 2 heterocycles. The van der Waals surface area contributed by atoms with Gasteiger partial charge in [-0.2, -0.15) is 0 Å². The van der Waals surface area contributed by atoms with Crippen molar-refractivity contribution < 1.29 is 4.79 Å². The number of amides is 1. The number of hydrogen-bond acceptors (Lipinski definition) is 3. The van der Waals surface area contributed by atoms with Crippen LogP contribution in [0.1, 0.15) is 36.7 Å². The molecule has 0 bridgehead atoms. The molecule has 3 rings (SSSR count). The summed E-state index contributed by atoms with van der Waals surface area (Å²) in [5, 5.41) is 3.03. The van der Waals surface area contributed by atoms with Gasteiger partial charge in [-0.25, -0.2) is 4.98 Å². The van der Waals surface area contributed by atoms with Gasteiger partial charge in [-0.1, -0.05) is 6.07 Å². The number of nitrogens with zero attached hydrogens (tertiary/aromatic N) is 2. The molecule has 2 N–H and O–H groups in total. The van der Waals surface area contributed by atoms with Gasteiger partial charge in [0, 0.05) is 19.5 Å². The maximum Gasteiger partial charge on any atom is 0.217 e. The number of aromatic amines is 1. The van der Waals surface area contributed by atoms with Crippen LogP contribution in [0.4, 0.5) is 0 Å². The fourth-order valence-electron chi connectivity index (χ4n) is 3.26. The molecule has 0 radical (unpaired) electrons. The monoisotopic (exact) mass is 300 g/mol. The Balaban J connectivity index is 1.73. The SMILES string of the molecule is CC(=O)N[C@@H]1CCCN(Cc2nc3c(C)c(C)ccc3[nH]2)C1. The number of nitrogens with one attached hydrogen (secondary N) is 2. The summed E-state index contributed by atoms with van der Waals surface area (Å²) in [6.07, 6.45) is 2.18. The number of fused-ring (bicyclic) bond motifs is 1. The van der Waals surface area contributed by atoms with Crippen molar-refractivity contribution in [2.24, 2.45) is 0 Å². The molecule has 118 valence electrons. The molecule has 1 atom stereocenters. The first-order valence-corrected chi connectivity index (χ1v) is 7.97. The number of aryl methyl sites for hydroxylation is 2. The Morgan fingerprint density at radius 3 is 3.05 bits per heavy atom. The van der Waals surface area contributed by atoms with Crippen molar-refractivity contribution in [1.29, 1.82) is 0 Å². The predicted molar refractivity (Wildman–Crippen MR) is 87.7 cm³/mol. The third-order valence-corrected chi connectivity index (χ3v) is 4.51. The van der Waals surface area contributed by atoms with Gasteiger partial charge in [-0.05, 0) is 50.4 Å². The van der Waals surface area contributed by atoms with Gasteiger partial charge in [-0.15, -0.1) is 0 Å². The van der Waals surface area contributed by atoms with Crippen molar-refractivity contribution in [2.45, 2.75) is 46.2 Å². The van der Waals surface area contributed by atoms with E-state index in [-0.39, 0.29) is 11.9 Å². The zero-order valence-electron chi connectivity index (χ0n) is 13.6. The fraction of sp³-hybridized carbons (Fsp3) is 0.529. The van der Waals surface area contributed by atoms with Crippen LogP contribution in [0.3, 0.4) is 0 Å². The minimum Gasteiger partial charge on any atom is -0.352 e. The highest BCUT2D eigenvalue weighted by atomic mass is 16.1. The topological polar surface area (TPSA) is 61.0 Å². The Kier molecular flexibility index (Phi) is 4.16. The van der Waals surface area contributed by atoms with Crippen LogP contribution in [-0.4, -0.2) is 39.9 Å². The Hall–Kier alpha value is -1.88. The van der Waals surface area contributed by atoms with Gasteiger partial charge in [0.05, 0.1) is 17.6 Å². The van der Waals surface area contributed by atoms with E-state index in [2.05, 4.69) is 41.2 Å². The van der Waals surface area contributed by atoms with Crippen LogP contribution in [0.2, 0.25) is 0 Å². The number of aromatic nitrogens is 2. The molecule has 2 aromatic rings. The zero-order chi connectivity index (χ0) is 15.7. The van der Waals surface area contributed by atoms with Crippen LogP contribution in [0, 0.1) is 13.8 Å². The zero-order valence-corrected chi connectivity index (χ0v) is 13.6. The lowest BCUT2D eigenvalue weighted by molar-refractivity contribution is -0.120. The molecular formula is C17H24N4O. The van der Waals surface area contributed by atoms with E-state index in [4.69, 9.17) is 4.98 Å². The molecule has 5 nitrogen and oxygen atoms in total. The second kappa shape index (κ2) is 6.08. The van der Waals surface area contributed by atoms with Gasteiger partial charge in [0.1, 0.15) is 5.82 Å². The summed E-state index contributed by atoms with van der Waals surface area (Å²) in [7, 11) is 0. The molecule has 1 aromatic heterocycles. The van der Waals surface area contributed by atoms with Gasteiger partial charge in [-0.3, -0.25) is 9.69 Å². The number of carbonyl (C=O) groups is 1. The van der Waals surface area contributed by atoms with Crippen LogP contribution in [0.5, 0.6) is 0 Å². The first kappa shape index (κ1) is 15.0. The van der Waals surface area contributed by atoms with Crippen molar-refractivity contribution >= 4 is 16.9 Å². The van der Waals surface area contributed by atoms with Crippen LogP contribution in [0.25, 0.3) is 11.0 Å². The fourth-order valence-corrected chi connectivity index (χ4v) is 3.26. The highest BCUT2D eigenvalue weighted by molar-refractivity contribution is 5.79. The molecule has 22 heavy (non-hydrogen) atoms. The van der Waals surface area contributed by atoms with E-state index in [1.54, 1.807) is 6.92 Å². The summed E-state index contributed by atoms with van der Waals surface area (Å²) in [6, 6.07) is 4.50. The number of carbonyl (C=O) groups excluding carboxylic acids is 1. The molecule has 1 fully saturated rings. The van der Waals surface area contributed by atoms with Gasteiger partial charge in [0.2, 0.25) is 5.91 Å². The maximum atomic E-state index is 11.2. The summed E-state index contributed by atoms with van der Waals surface area (Å²) >= 11 is 0. The molecular weight excluding hydrogens is 276 g/mol. The summed E-state index contributed by atoms with van der Waals surface area (Å²) < 4.78 is 0. The molecule has 0 spiro atoms. The predicted octanol–water partition coefficient (Wildman–Crippen LogP) is 2.28. The molecule has 5 heteroatoms. The quantitative estimate of drug-likeness (QED) is 0.914. The summed E-state index contributed by atoms with van der Waals surface area (Å²) in [4.78, 5) is 21.8. The van der Waals surface area contributed by atoms with E-state index >= 15 is 0 Å². The second-order valence-corrected chi connectivity index (χ2v) is 6.36. The minimum absolute atomic E-state index is 0.0571. The molecule has 1 amide bonds. The standard InChI is InChI=1S/C17H24N4O/c1-11-6-7-15-17(12(11)2)20-16(19-15)10-21-8-4-5-14(9-21)18-13(3)22/h6-7,14H,4-5,8-10H2,1-3H3,(H,18,22)(H,19,20)/t14-/m1/s1. The molecule has 1 saturated heterocycles. The average Bonchev–Trinajstić information content (AvgIpc) is 2.86. The third-order valence-electron chi connectivity index (χ3n) is 4.51. The Labute approximate surface area is 131 Å². The molecule has 0 unspecified atom stereocenters. The van der Waals surface area contributed by atoms with E-state index in [0.29, 0.717) is 0 Å². The normalized spacial score (nSPS) is 19.5. The highest BCUT2D eigenvalue weighted by Crippen LogP contribution is 2.20. The lowest BCUT2D eigenvalue weighted by atomic mass is 10.1. The van der Waals surface area contributed by atoms with E-state index in [1.165, 1.54) is 11.1 Å². The number of likely N-dealkylation sites (tertiary alicyclic amines) is 1. The van der Waals surface area contributed by atoms with Gasteiger partial charge < -0.3 is 10.3 Å². The maximum absolute atomic E-state index is 11.2. The summed E-state index contributed by atoms with van der Waals surface area (Å²) in [5.41, 5.74) is 4.70. The molecule has 1 aromatic carbocycles. The van der Waals surface area contributed by atoms with Gasteiger partial charge in [0.25, 0.3) is 0 Å². The first-order valence-electron chi connectivity index (χ1n) is 7.97. The molecule has 0 saturated carbocycles. The van der Waals surface area contributed by atoms with Crippen LogP contribution in [0.15, 0.2) is 12.1 Å². The largest absolute Gasteiger partial charge is 0.352 e. The second-order valence-electron chi connectivity index (χ2n) is 6.36. The number of H-pyrrole nitrogens is 1. The van der Waals surface area contributed by atoms with Crippen LogP contribution in [-0.2, 0) is 11.3 Å². The van der Waals surface area contributed by atoms with Gasteiger partial charge in [0.15, 0.2) is 0 Å². The number of imidazole rings is 1. The van der Waals surface area contributed by atoms with Crippen molar-refractivity contribution in [2.75, 3.05) is 13.1 Å². The van der Waals surface area contributed by atoms with Crippen LogP contribution < -0.4 is 5.32 Å². The van der Waals surface area contributed by atoms with E-state index in [1.807, 2.05) is 0 Å². The number of rotatable bonds is 3. The lowest BCUT2D eigenvalue weighted by Crippen LogP contribution is -2.46. The minimum atomic E-state index is 0.0571. The lowest BCUT2D eigenvalue weighted by Gasteiger charge is -2.32. The number of piperidine rings is 1. The van der Waals surface area contributed by atoms with Crippen LogP contribution >= 0.6 is 0 Å². The summed E-state index contributed by atoms with van der Waals surface area (Å²) in [5.74, 6) is 1.06.